The molecule has 180 valence electrons. The van der Waals surface area contributed by atoms with Gasteiger partial charge >= 0.3 is 0 Å². The molecule has 4 aromatic rings. The van der Waals surface area contributed by atoms with Crippen LogP contribution in [0.4, 0.5) is 0 Å². The number of ether oxygens (including phenoxy) is 2. The minimum atomic E-state index is -3.89. The lowest BCUT2D eigenvalue weighted by Crippen LogP contribution is -2.28. The van der Waals surface area contributed by atoms with Gasteiger partial charge in [-0.05, 0) is 38.1 Å². The molecule has 0 spiro atoms. The van der Waals surface area contributed by atoms with Gasteiger partial charge in [-0.15, -0.1) is 21.5 Å². The lowest BCUT2D eigenvalue weighted by molar-refractivity contribution is 0.172. The van der Waals surface area contributed by atoms with E-state index in [-0.39, 0.29) is 11.6 Å². The third-order valence-electron chi connectivity index (χ3n) is 5.41. The first-order chi connectivity index (χ1) is 16.3. The molecule has 2 atom stereocenters. The van der Waals surface area contributed by atoms with Gasteiger partial charge in [0.15, 0.2) is 21.4 Å². The predicted octanol–water partition coefficient (Wildman–Crippen LogP) is 3.35. The van der Waals surface area contributed by atoms with Crippen molar-refractivity contribution in [2.24, 2.45) is 0 Å². The molecule has 0 saturated heterocycles. The zero-order valence-electron chi connectivity index (χ0n) is 19.0. The van der Waals surface area contributed by atoms with E-state index in [0.29, 0.717) is 34.4 Å². The van der Waals surface area contributed by atoms with E-state index in [1.807, 2.05) is 0 Å². The normalized spacial score (nSPS) is 13.6. The molecule has 3 aromatic heterocycles. The van der Waals surface area contributed by atoms with Crippen molar-refractivity contribution in [3.63, 3.8) is 0 Å². The molecule has 0 saturated carbocycles. The molecule has 1 aromatic carbocycles. The fourth-order valence-corrected chi connectivity index (χ4v) is 5.45. The number of nitrogens with zero attached hydrogens (tertiary/aromatic N) is 4. The Kier molecular flexibility index (Phi) is 6.73. The van der Waals surface area contributed by atoms with Crippen LogP contribution in [0.2, 0.25) is 0 Å². The molecule has 10 nitrogen and oxygen atoms in total. The Labute approximate surface area is 200 Å². The minimum Gasteiger partial charge on any atom is -0.494 e. The fraction of sp³-hybridized carbons (Fsp3) is 0.318. The molecule has 0 amide bonds. The van der Waals surface area contributed by atoms with Gasteiger partial charge in [0.2, 0.25) is 5.82 Å². The van der Waals surface area contributed by atoms with E-state index in [1.165, 1.54) is 32.5 Å². The quantitative estimate of drug-likeness (QED) is 0.365. The molecule has 0 fully saturated rings. The molecule has 0 bridgehead atoms. The predicted molar refractivity (Wildman–Crippen MR) is 126 cm³/mol. The van der Waals surface area contributed by atoms with Crippen molar-refractivity contribution >= 4 is 21.2 Å². The number of aliphatic hydroxyl groups is 1. The van der Waals surface area contributed by atoms with E-state index in [1.54, 1.807) is 52.7 Å². The number of furan rings is 1. The van der Waals surface area contributed by atoms with E-state index in [9.17, 15) is 13.5 Å². The van der Waals surface area contributed by atoms with E-state index in [2.05, 4.69) is 15.2 Å². The molecule has 34 heavy (non-hydrogen) atoms. The van der Waals surface area contributed by atoms with Crippen LogP contribution in [0.5, 0.6) is 11.5 Å². The van der Waals surface area contributed by atoms with E-state index < -0.39 is 26.9 Å². The van der Waals surface area contributed by atoms with Gasteiger partial charge in [-0.2, -0.15) is 0 Å². The molecule has 0 radical (unpaired) electrons. The van der Waals surface area contributed by atoms with Crippen LogP contribution in [-0.4, -0.2) is 52.7 Å². The molecule has 0 aliphatic carbocycles. The molecule has 12 heteroatoms. The SMILES string of the molecule is COc1cccc(OC)c1-n1c(CS(=O)(=O)[C@@H](C)[C@@H](O)c2cscn2)nnc1-c1ccc(C)o1. The number of methoxy groups -OCH3 is 2. The highest BCUT2D eigenvalue weighted by Gasteiger charge is 2.34. The van der Waals surface area contributed by atoms with Crippen LogP contribution in [0.25, 0.3) is 17.3 Å². The fourth-order valence-electron chi connectivity index (χ4n) is 3.53. The number of hydrogen-bond acceptors (Lipinski definition) is 10. The maximum Gasteiger partial charge on any atom is 0.204 e. The molecular weight excluding hydrogens is 480 g/mol. The van der Waals surface area contributed by atoms with Crippen LogP contribution < -0.4 is 9.47 Å². The first kappa shape index (κ1) is 23.9. The molecule has 0 aliphatic rings. The molecular formula is C22H24N4O6S2. The Hall–Kier alpha value is -3.22. The molecule has 1 N–H and O–H groups in total. The monoisotopic (exact) mass is 504 g/mol. The van der Waals surface area contributed by atoms with Crippen LogP contribution in [0, 0.1) is 6.92 Å². The van der Waals surface area contributed by atoms with Gasteiger partial charge in [-0.3, -0.25) is 4.57 Å². The van der Waals surface area contributed by atoms with Gasteiger partial charge in [0.05, 0.1) is 30.7 Å². The standard InChI is InChI=1S/C22H24N4O6S2/c1-13-8-9-18(32-13)22-25-24-19(26(22)20-16(30-3)6-5-7-17(20)31-4)11-34(28,29)14(2)21(27)15-10-33-12-23-15/h5-10,12,14,21,27H,11H2,1-4H3/t14-,21+/m0/s1. The highest BCUT2D eigenvalue weighted by atomic mass is 32.2. The van der Waals surface area contributed by atoms with Crippen molar-refractivity contribution in [2.45, 2.75) is 31.0 Å². The van der Waals surface area contributed by atoms with Gasteiger partial charge in [-0.25, -0.2) is 13.4 Å². The van der Waals surface area contributed by atoms with Crippen LogP contribution in [0.3, 0.4) is 0 Å². The summed E-state index contributed by atoms with van der Waals surface area (Å²) in [6.07, 6.45) is -1.28. The third-order valence-corrected chi connectivity index (χ3v) is 8.07. The summed E-state index contributed by atoms with van der Waals surface area (Å²) >= 11 is 1.28. The van der Waals surface area contributed by atoms with E-state index in [0.717, 1.165) is 0 Å². The minimum absolute atomic E-state index is 0.115. The summed E-state index contributed by atoms with van der Waals surface area (Å²) in [4.78, 5) is 4.04. The first-order valence-electron chi connectivity index (χ1n) is 10.3. The van der Waals surface area contributed by atoms with Crippen molar-refractivity contribution in [3.8, 4) is 28.8 Å². The number of aromatic nitrogens is 4. The Morgan fingerprint density at radius 2 is 1.85 bits per heavy atom. The van der Waals surface area contributed by atoms with Crippen LogP contribution in [-0.2, 0) is 15.6 Å². The highest BCUT2D eigenvalue weighted by Crippen LogP contribution is 2.37. The summed E-state index contributed by atoms with van der Waals surface area (Å²) in [5, 5.41) is 19.5. The summed E-state index contributed by atoms with van der Waals surface area (Å²) < 4.78 is 45.0. The van der Waals surface area contributed by atoms with Crippen molar-refractivity contribution in [1.29, 1.82) is 0 Å². The number of benzene rings is 1. The largest absolute Gasteiger partial charge is 0.494 e. The van der Waals surface area contributed by atoms with Gasteiger partial charge in [0.25, 0.3) is 0 Å². The van der Waals surface area contributed by atoms with Gasteiger partial charge in [0.1, 0.15) is 34.8 Å². The molecule has 0 unspecified atom stereocenters. The van der Waals surface area contributed by atoms with Crippen molar-refractivity contribution in [3.05, 3.63) is 58.5 Å². The van der Waals surface area contributed by atoms with E-state index in [4.69, 9.17) is 13.9 Å². The smallest absolute Gasteiger partial charge is 0.204 e. The third kappa shape index (κ3) is 4.43. The zero-order chi connectivity index (χ0) is 24.5. The Balaban J connectivity index is 1.84. The lowest BCUT2D eigenvalue weighted by Gasteiger charge is -2.19. The molecule has 0 aliphatic heterocycles. The maximum atomic E-state index is 13.3. The number of aryl methyl sites for hydroxylation is 1. The van der Waals surface area contributed by atoms with E-state index >= 15 is 0 Å². The average molecular weight is 505 g/mol. The summed E-state index contributed by atoms with van der Waals surface area (Å²) in [6.45, 7) is 3.24. The van der Waals surface area contributed by atoms with Crippen molar-refractivity contribution in [2.75, 3.05) is 14.2 Å². The summed E-state index contributed by atoms with van der Waals surface area (Å²) in [5.41, 5.74) is 2.28. The van der Waals surface area contributed by atoms with Crippen LogP contribution in [0.15, 0.2) is 45.6 Å². The second-order valence-corrected chi connectivity index (χ2v) is 10.6. The van der Waals surface area contributed by atoms with Gasteiger partial charge in [0, 0.05) is 5.38 Å². The number of rotatable bonds is 9. The number of sulfone groups is 1. The second kappa shape index (κ2) is 9.57. The number of hydrogen-bond donors (Lipinski definition) is 1. The number of aliphatic hydroxyl groups excluding tert-OH is 1. The summed E-state index contributed by atoms with van der Waals surface area (Å²) in [7, 11) is -0.889. The van der Waals surface area contributed by atoms with Crippen LogP contribution in [0.1, 0.15) is 30.3 Å². The van der Waals surface area contributed by atoms with Crippen molar-refractivity contribution < 1.29 is 27.4 Å². The second-order valence-electron chi connectivity index (χ2n) is 7.57. The van der Waals surface area contributed by atoms with Gasteiger partial charge < -0.3 is 19.0 Å². The average Bonchev–Trinajstić information content (AvgIpc) is 3.58. The Morgan fingerprint density at radius 3 is 2.41 bits per heavy atom. The Bertz CT molecular complexity index is 1360. The first-order valence-corrected chi connectivity index (χ1v) is 12.9. The lowest BCUT2D eigenvalue weighted by atomic mass is 10.2. The number of thiazole rings is 1. The zero-order valence-corrected chi connectivity index (χ0v) is 20.6. The van der Waals surface area contributed by atoms with Crippen molar-refractivity contribution in [1.82, 2.24) is 19.7 Å². The van der Waals surface area contributed by atoms with Crippen LogP contribution >= 0.6 is 11.3 Å². The Morgan fingerprint density at radius 1 is 1.15 bits per heavy atom. The maximum absolute atomic E-state index is 13.3. The highest BCUT2D eigenvalue weighted by molar-refractivity contribution is 7.91. The number of para-hydroxylation sites is 1. The topological polar surface area (TPSA) is 130 Å². The molecule has 3 heterocycles. The summed E-state index contributed by atoms with van der Waals surface area (Å²) in [5.74, 6) is 1.82. The molecule has 4 rings (SSSR count). The summed E-state index contributed by atoms with van der Waals surface area (Å²) in [6, 6.07) is 8.70. The van der Waals surface area contributed by atoms with Gasteiger partial charge in [-0.1, -0.05) is 6.07 Å².